The van der Waals surface area contributed by atoms with Crippen LogP contribution in [-0.4, -0.2) is 46.0 Å². The first-order chi connectivity index (χ1) is 10.2. The third-order valence-corrected chi connectivity index (χ3v) is 5.97. The predicted octanol–water partition coefficient (Wildman–Crippen LogP) is 2.79. The van der Waals surface area contributed by atoms with Gasteiger partial charge < -0.3 is 5.32 Å². The second kappa shape index (κ2) is 6.07. The third-order valence-electron chi connectivity index (χ3n) is 5.20. The van der Waals surface area contributed by atoms with Gasteiger partial charge in [-0.1, -0.05) is 6.92 Å². The molecular formula is C16H26N4S. The SMILES string of the molecule is CCC(C)(C(Cc1cn2ccsc2n1)NC)N1CCCC1. The fourth-order valence-electron chi connectivity index (χ4n) is 3.63. The molecule has 3 heterocycles. The molecule has 3 rings (SSSR count). The zero-order valence-corrected chi connectivity index (χ0v) is 14.1. The Bertz CT molecular complexity index is 555. The van der Waals surface area contributed by atoms with Gasteiger partial charge in [0, 0.05) is 35.8 Å². The molecule has 0 aromatic carbocycles. The van der Waals surface area contributed by atoms with Crippen LogP contribution in [0.1, 0.15) is 38.8 Å². The summed E-state index contributed by atoms with van der Waals surface area (Å²) in [5.74, 6) is 0. The molecule has 0 spiro atoms. The maximum absolute atomic E-state index is 4.76. The lowest BCUT2D eigenvalue weighted by Crippen LogP contribution is -2.58. The van der Waals surface area contributed by atoms with Crippen LogP contribution in [-0.2, 0) is 6.42 Å². The van der Waals surface area contributed by atoms with Crippen molar-refractivity contribution in [3.8, 4) is 0 Å². The molecule has 2 aromatic heterocycles. The molecule has 1 fully saturated rings. The highest BCUT2D eigenvalue weighted by Crippen LogP contribution is 2.29. The van der Waals surface area contributed by atoms with E-state index in [0.29, 0.717) is 6.04 Å². The van der Waals surface area contributed by atoms with Crippen molar-refractivity contribution in [1.82, 2.24) is 19.6 Å². The average Bonchev–Trinajstić information content (AvgIpc) is 3.19. The monoisotopic (exact) mass is 306 g/mol. The highest BCUT2D eigenvalue weighted by atomic mass is 32.1. The first-order valence-electron chi connectivity index (χ1n) is 8.00. The molecule has 1 N–H and O–H groups in total. The average molecular weight is 306 g/mol. The number of likely N-dealkylation sites (N-methyl/N-ethyl adjacent to an activating group) is 1. The van der Waals surface area contributed by atoms with Crippen LogP contribution in [0.3, 0.4) is 0 Å². The van der Waals surface area contributed by atoms with E-state index in [1.165, 1.54) is 38.0 Å². The number of thiazole rings is 1. The maximum Gasteiger partial charge on any atom is 0.193 e. The molecule has 0 saturated carbocycles. The normalized spacial score (nSPS) is 20.9. The topological polar surface area (TPSA) is 32.6 Å². The van der Waals surface area contributed by atoms with Gasteiger partial charge in [0.15, 0.2) is 4.96 Å². The van der Waals surface area contributed by atoms with Gasteiger partial charge in [-0.05, 0) is 46.3 Å². The summed E-state index contributed by atoms with van der Waals surface area (Å²) in [6.45, 7) is 7.20. The van der Waals surface area contributed by atoms with Crippen LogP contribution in [0.2, 0.25) is 0 Å². The van der Waals surface area contributed by atoms with E-state index in [0.717, 1.165) is 11.4 Å². The quantitative estimate of drug-likeness (QED) is 0.891. The van der Waals surface area contributed by atoms with Gasteiger partial charge in [0.25, 0.3) is 0 Å². The standard InChI is InChI=1S/C16H26N4S/c1-4-16(2,20-7-5-6-8-20)14(17-3)11-13-12-19-9-10-21-15(19)18-13/h9-10,12,14,17H,4-8,11H2,1-3H3. The second-order valence-electron chi connectivity index (χ2n) is 6.28. The number of nitrogens with zero attached hydrogens (tertiary/aromatic N) is 3. The van der Waals surface area contributed by atoms with Gasteiger partial charge in [0.1, 0.15) is 0 Å². The number of hydrogen-bond donors (Lipinski definition) is 1. The Morgan fingerprint density at radius 3 is 2.81 bits per heavy atom. The van der Waals surface area contributed by atoms with E-state index in [1.54, 1.807) is 11.3 Å². The summed E-state index contributed by atoms with van der Waals surface area (Å²) in [4.78, 5) is 8.53. The van der Waals surface area contributed by atoms with Gasteiger partial charge in [0.05, 0.1) is 5.69 Å². The van der Waals surface area contributed by atoms with Gasteiger partial charge in [-0.3, -0.25) is 9.30 Å². The van der Waals surface area contributed by atoms with Gasteiger partial charge >= 0.3 is 0 Å². The van der Waals surface area contributed by atoms with Crippen molar-refractivity contribution in [2.24, 2.45) is 0 Å². The van der Waals surface area contributed by atoms with Crippen molar-refractivity contribution in [1.29, 1.82) is 0 Å². The van der Waals surface area contributed by atoms with Gasteiger partial charge in [-0.15, -0.1) is 11.3 Å². The molecule has 4 nitrogen and oxygen atoms in total. The van der Waals surface area contributed by atoms with E-state index in [2.05, 4.69) is 53.3 Å². The Hall–Kier alpha value is -0.910. The number of imidazole rings is 1. The Labute approximate surface area is 131 Å². The van der Waals surface area contributed by atoms with Crippen LogP contribution in [0.4, 0.5) is 0 Å². The minimum absolute atomic E-state index is 0.211. The smallest absolute Gasteiger partial charge is 0.193 e. The molecule has 2 atom stereocenters. The van der Waals surface area contributed by atoms with Crippen molar-refractivity contribution < 1.29 is 0 Å². The number of nitrogens with one attached hydrogen (secondary N) is 1. The van der Waals surface area contributed by atoms with Gasteiger partial charge in [0.2, 0.25) is 0 Å². The molecule has 21 heavy (non-hydrogen) atoms. The Morgan fingerprint density at radius 2 is 2.19 bits per heavy atom. The second-order valence-corrected chi connectivity index (χ2v) is 7.15. The minimum atomic E-state index is 0.211. The van der Waals surface area contributed by atoms with E-state index < -0.39 is 0 Å². The number of aromatic nitrogens is 2. The number of likely N-dealkylation sites (tertiary alicyclic amines) is 1. The summed E-state index contributed by atoms with van der Waals surface area (Å²) in [6.07, 6.45) is 9.10. The third kappa shape index (κ3) is 2.74. The van der Waals surface area contributed by atoms with Crippen LogP contribution in [0.5, 0.6) is 0 Å². The molecule has 116 valence electrons. The predicted molar refractivity (Wildman–Crippen MR) is 89.1 cm³/mol. The van der Waals surface area contributed by atoms with Crippen molar-refractivity contribution >= 4 is 16.3 Å². The molecule has 0 bridgehead atoms. The molecule has 1 aliphatic rings. The number of rotatable bonds is 6. The van der Waals surface area contributed by atoms with Crippen LogP contribution >= 0.6 is 11.3 Å². The fraction of sp³-hybridized carbons (Fsp3) is 0.688. The summed E-state index contributed by atoms with van der Waals surface area (Å²) < 4.78 is 2.13. The number of hydrogen-bond acceptors (Lipinski definition) is 4. The molecule has 2 aromatic rings. The Balaban J connectivity index is 1.80. The summed E-state index contributed by atoms with van der Waals surface area (Å²) in [7, 11) is 2.09. The van der Waals surface area contributed by atoms with Crippen molar-refractivity contribution in [3.05, 3.63) is 23.5 Å². The summed E-state index contributed by atoms with van der Waals surface area (Å²) >= 11 is 1.70. The largest absolute Gasteiger partial charge is 0.315 e. The minimum Gasteiger partial charge on any atom is -0.315 e. The summed E-state index contributed by atoms with van der Waals surface area (Å²) in [6, 6.07) is 0.435. The molecule has 1 aliphatic heterocycles. The lowest BCUT2D eigenvalue weighted by atomic mass is 9.85. The van der Waals surface area contributed by atoms with E-state index in [1.807, 2.05) is 0 Å². The number of fused-ring (bicyclic) bond motifs is 1. The molecule has 0 amide bonds. The zero-order chi connectivity index (χ0) is 14.9. The summed E-state index contributed by atoms with van der Waals surface area (Å²) in [5.41, 5.74) is 1.41. The molecule has 5 heteroatoms. The fourth-order valence-corrected chi connectivity index (χ4v) is 4.35. The molecular weight excluding hydrogens is 280 g/mol. The van der Waals surface area contributed by atoms with Crippen molar-refractivity contribution in [2.75, 3.05) is 20.1 Å². The van der Waals surface area contributed by atoms with Crippen LogP contribution in [0.25, 0.3) is 4.96 Å². The molecule has 1 saturated heterocycles. The lowest BCUT2D eigenvalue weighted by molar-refractivity contribution is 0.0870. The highest BCUT2D eigenvalue weighted by Gasteiger charge is 2.38. The Kier molecular flexibility index (Phi) is 4.33. The van der Waals surface area contributed by atoms with E-state index in [-0.39, 0.29) is 5.54 Å². The first-order valence-corrected chi connectivity index (χ1v) is 8.88. The van der Waals surface area contributed by atoms with E-state index >= 15 is 0 Å². The first kappa shape index (κ1) is 15.0. The van der Waals surface area contributed by atoms with Gasteiger partial charge in [-0.2, -0.15) is 0 Å². The highest BCUT2D eigenvalue weighted by molar-refractivity contribution is 7.15. The maximum atomic E-state index is 4.76. The van der Waals surface area contributed by atoms with Crippen molar-refractivity contribution in [3.63, 3.8) is 0 Å². The van der Waals surface area contributed by atoms with Crippen LogP contribution in [0.15, 0.2) is 17.8 Å². The van der Waals surface area contributed by atoms with E-state index in [9.17, 15) is 0 Å². The van der Waals surface area contributed by atoms with Crippen LogP contribution < -0.4 is 5.32 Å². The van der Waals surface area contributed by atoms with E-state index in [4.69, 9.17) is 4.98 Å². The lowest BCUT2D eigenvalue weighted by Gasteiger charge is -2.44. The molecule has 0 aliphatic carbocycles. The summed E-state index contributed by atoms with van der Waals surface area (Å²) in [5, 5.41) is 5.65. The zero-order valence-electron chi connectivity index (χ0n) is 13.3. The van der Waals surface area contributed by atoms with Crippen LogP contribution in [0, 0.1) is 0 Å². The van der Waals surface area contributed by atoms with Gasteiger partial charge in [-0.25, -0.2) is 4.98 Å². The molecule has 2 unspecified atom stereocenters. The Morgan fingerprint density at radius 1 is 1.43 bits per heavy atom. The molecule has 0 radical (unpaired) electrons. The van der Waals surface area contributed by atoms with Crippen molar-refractivity contribution in [2.45, 2.75) is 51.1 Å².